The Morgan fingerprint density at radius 3 is 1.52 bits per heavy atom. The van der Waals surface area contributed by atoms with Crippen LogP contribution in [0.4, 0.5) is 0 Å². The van der Waals surface area contributed by atoms with Crippen molar-refractivity contribution in [3.05, 3.63) is 0 Å². The second-order valence-corrected chi connectivity index (χ2v) is 9.60. The van der Waals surface area contributed by atoms with E-state index < -0.39 is 0 Å². The number of rotatable bonds is 17. The molecular weight excluding hydrogens is 358 g/mol. The first-order valence-corrected chi connectivity index (χ1v) is 12.6. The van der Waals surface area contributed by atoms with Crippen LogP contribution in [0.5, 0.6) is 0 Å². The lowest BCUT2D eigenvalue weighted by atomic mass is 9.63. The maximum Gasteiger partial charge on any atom is 0.0734 e. The summed E-state index contributed by atoms with van der Waals surface area (Å²) in [5.74, 6) is 0.348. The third kappa shape index (κ3) is 6.68. The van der Waals surface area contributed by atoms with Crippen molar-refractivity contribution >= 4 is 0 Å². The third-order valence-corrected chi connectivity index (χ3v) is 8.90. The van der Waals surface area contributed by atoms with Gasteiger partial charge in [-0.25, -0.2) is 0 Å². The zero-order valence-electron chi connectivity index (χ0n) is 21.7. The van der Waals surface area contributed by atoms with Gasteiger partial charge in [0.05, 0.1) is 17.8 Å². The SMILES string of the molecule is CCC(C)(CC)OCCC(CC)(CC)C(CC)(CC)OCC(C)C(N)(CC)CC. The fourth-order valence-electron chi connectivity index (χ4n) is 5.18. The van der Waals surface area contributed by atoms with E-state index in [1.807, 2.05) is 0 Å². The Bertz CT molecular complexity index is 418. The molecule has 0 saturated heterocycles. The average molecular weight is 414 g/mol. The summed E-state index contributed by atoms with van der Waals surface area (Å²) in [5.41, 5.74) is 6.55. The van der Waals surface area contributed by atoms with Crippen LogP contribution in [0, 0.1) is 11.3 Å². The molecule has 0 aliphatic heterocycles. The third-order valence-electron chi connectivity index (χ3n) is 8.90. The average Bonchev–Trinajstić information content (AvgIpc) is 2.77. The molecule has 29 heavy (non-hydrogen) atoms. The molecule has 0 spiro atoms. The van der Waals surface area contributed by atoms with Crippen LogP contribution < -0.4 is 5.73 Å². The second-order valence-electron chi connectivity index (χ2n) is 9.60. The summed E-state index contributed by atoms with van der Waals surface area (Å²) in [6, 6.07) is 0. The summed E-state index contributed by atoms with van der Waals surface area (Å²) in [6.45, 7) is 24.2. The standard InChI is InChI=1S/C26H55NO2/c1-11-23(10,12-2)28-20-19-24(13-3,14-4)26(17-7,18-8)29-21-22(9)25(27,15-5)16-6/h22H,11-21,27H2,1-10H3. The highest BCUT2D eigenvalue weighted by atomic mass is 16.5. The van der Waals surface area contributed by atoms with Crippen molar-refractivity contribution < 1.29 is 9.47 Å². The van der Waals surface area contributed by atoms with Crippen LogP contribution in [0.2, 0.25) is 0 Å². The van der Waals surface area contributed by atoms with E-state index in [2.05, 4.69) is 69.2 Å². The molecule has 0 aliphatic carbocycles. The Labute approximate surface area is 183 Å². The van der Waals surface area contributed by atoms with Crippen LogP contribution in [0.1, 0.15) is 127 Å². The number of nitrogens with two attached hydrogens (primary N) is 1. The van der Waals surface area contributed by atoms with Crippen molar-refractivity contribution in [2.75, 3.05) is 13.2 Å². The Morgan fingerprint density at radius 2 is 1.17 bits per heavy atom. The van der Waals surface area contributed by atoms with E-state index >= 15 is 0 Å². The molecule has 2 N–H and O–H groups in total. The van der Waals surface area contributed by atoms with Gasteiger partial charge >= 0.3 is 0 Å². The van der Waals surface area contributed by atoms with Crippen LogP contribution in [0.15, 0.2) is 0 Å². The fourth-order valence-corrected chi connectivity index (χ4v) is 5.18. The van der Waals surface area contributed by atoms with E-state index in [0.717, 1.165) is 71.0 Å². The minimum absolute atomic E-state index is 0.00884. The minimum atomic E-state index is -0.137. The van der Waals surface area contributed by atoms with Crippen LogP contribution in [0.25, 0.3) is 0 Å². The monoisotopic (exact) mass is 413 g/mol. The highest BCUT2D eigenvalue weighted by Gasteiger charge is 2.48. The van der Waals surface area contributed by atoms with E-state index in [-0.39, 0.29) is 22.2 Å². The molecule has 0 fully saturated rings. The molecule has 0 aromatic carbocycles. The molecular formula is C26H55NO2. The first-order chi connectivity index (χ1) is 13.6. The molecule has 0 aliphatic rings. The van der Waals surface area contributed by atoms with Crippen molar-refractivity contribution in [2.45, 2.75) is 144 Å². The van der Waals surface area contributed by atoms with Gasteiger partial charge in [-0.15, -0.1) is 0 Å². The van der Waals surface area contributed by atoms with E-state index in [9.17, 15) is 0 Å². The molecule has 0 bridgehead atoms. The Morgan fingerprint density at radius 1 is 0.690 bits per heavy atom. The van der Waals surface area contributed by atoms with Gasteiger partial charge in [0.1, 0.15) is 0 Å². The van der Waals surface area contributed by atoms with Gasteiger partial charge < -0.3 is 15.2 Å². The van der Waals surface area contributed by atoms with Crippen LogP contribution >= 0.6 is 0 Å². The van der Waals surface area contributed by atoms with E-state index in [4.69, 9.17) is 15.2 Å². The summed E-state index contributed by atoms with van der Waals surface area (Å²) in [6.07, 6.45) is 9.46. The van der Waals surface area contributed by atoms with Gasteiger partial charge in [-0.3, -0.25) is 0 Å². The van der Waals surface area contributed by atoms with Gasteiger partial charge in [0, 0.05) is 17.6 Å². The highest BCUT2D eigenvalue weighted by Crippen LogP contribution is 2.49. The smallest absolute Gasteiger partial charge is 0.0734 e. The van der Waals surface area contributed by atoms with Gasteiger partial charge in [0.15, 0.2) is 0 Å². The predicted octanol–water partition coefficient (Wildman–Crippen LogP) is 7.51. The van der Waals surface area contributed by atoms with Gasteiger partial charge in [0.25, 0.3) is 0 Å². The van der Waals surface area contributed by atoms with Crippen molar-refractivity contribution in [3.63, 3.8) is 0 Å². The number of hydrogen-bond acceptors (Lipinski definition) is 3. The molecule has 176 valence electrons. The maximum absolute atomic E-state index is 6.89. The number of ether oxygens (including phenoxy) is 2. The normalized spacial score (nSPS) is 15.0. The van der Waals surface area contributed by atoms with Gasteiger partial charge in [-0.2, -0.15) is 0 Å². The van der Waals surface area contributed by atoms with Crippen molar-refractivity contribution in [3.8, 4) is 0 Å². The summed E-state index contributed by atoms with van der Waals surface area (Å²) in [4.78, 5) is 0. The van der Waals surface area contributed by atoms with Gasteiger partial charge in [-0.1, -0.05) is 62.3 Å². The largest absolute Gasteiger partial charge is 0.375 e. The summed E-state index contributed by atoms with van der Waals surface area (Å²) >= 11 is 0. The zero-order chi connectivity index (χ0) is 22.8. The maximum atomic E-state index is 6.89. The molecule has 0 rings (SSSR count). The molecule has 0 saturated carbocycles. The Balaban J connectivity index is 5.54. The predicted molar refractivity (Wildman–Crippen MR) is 129 cm³/mol. The van der Waals surface area contributed by atoms with E-state index in [0.29, 0.717) is 5.92 Å². The van der Waals surface area contributed by atoms with Crippen LogP contribution in [-0.2, 0) is 9.47 Å². The molecule has 1 atom stereocenters. The van der Waals surface area contributed by atoms with Crippen LogP contribution in [-0.4, -0.2) is 30.0 Å². The molecule has 0 aromatic rings. The quantitative estimate of drug-likeness (QED) is 0.268. The molecule has 1 unspecified atom stereocenters. The lowest BCUT2D eigenvalue weighted by Crippen LogP contribution is -2.53. The van der Waals surface area contributed by atoms with E-state index in [1.165, 1.54) is 0 Å². The molecule has 0 radical (unpaired) electrons. The minimum Gasteiger partial charge on any atom is -0.375 e. The lowest BCUT2D eigenvalue weighted by Gasteiger charge is -2.51. The Kier molecular flexibility index (Phi) is 12.6. The van der Waals surface area contributed by atoms with Gasteiger partial charge in [-0.05, 0) is 70.6 Å². The summed E-state index contributed by atoms with van der Waals surface area (Å²) < 4.78 is 13.3. The zero-order valence-corrected chi connectivity index (χ0v) is 21.7. The van der Waals surface area contributed by atoms with Crippen molar-refractivity contribution in [2.24, 2.45) is 17.1 Å². The molecule has 0 heterocycles. The second kappa shape index (κ2) is 12.7. The van der Waals surface area contributed by atoms with Gasteiger partial charge in [0.2, 0.25) is 0 Å². The topological polar surface area (TPSA) is 44.5 Å². The number of hydrogen-bond donors (Lipinski definition) is 1. The first kappa shape index (κ1) is 28.9. The molecule has 0 amide bonds. The van der Waals surface area contributed by atoms with Crippen molar-refractivity contribution in [1.29, 1.82) is 0 Å². The molecule has 0 aromatic heterocycles. The van der Waals surface area contributed by atoms with E-state index in [1.54, 1.807) is 0 Å². The Hall–Kier alpha value is -0.120. The van der Waals surface area contributed by atoms with Crippen LogP contribution in [0.3, 0.4) is 0 Å². The van der Waals surface area contributed by atoms with Crippen molar-refractivity contribution in [1.82, 2.24) is 0 Å². The first-order valence-electron chi connectivity index (χ1n) is 12.6. The lowest BCUT2D eigenvalue weighted by molar-refractivity contribution is -0.170. The fraction of sp³-hybridized carbons (Fsp3) is 1.00. The summed E-state index contributed by atoms with van der Waals surface area (Å²) in [7, 11) is 0. The highest BCUT2D eigenvalue weighted by molar-refractivity contribution is 4.99. The molecule has 3 heteroatoms. The molecule has 3 nitrogen and oxygen atoms in total. The summed E-state index contributed by atoms with van der Waals surface area (Å²) in [5, 5.41) is 0.